The Kier molecular flexibility index (Phi) is 6.34. The summed E-state index contributed by atoms with van der Waals surface area (Å²) in [6.07, 6.45) is 6.35. The van der Waals surface area contributed by atoms with Crippen molar-refractivity contribution in [3.63, 3.8) is 0 Å². The summed E-state index contributed by atoms with van der Waals surface area (Å²) in [5.41, 5.74) is 2.27. The van der Waals surface area contributed by atoms with Crippen molar-refractivity contribution in [2.45, 2.75) is 6.42 Å². The number of aromatic amines is 1. The molecule has 0 aliphatic carbocycles. The molecule has 1 N–H and O–H groups in total. The summed E-state index contributed by atoms with van der Waals surface area (Å²) in [5, 5.41) is 7.65. The third-order valence-corrected chi connectivity index (χ3v) is 4.29. The highest BCUT2D eigenvalue weighted by Gasteiger charge is 2.06. The van der Waals surface area contributed by atoms with Gasteiger partial charge in [-0.1, -0.05) is 30.4 Å². The van der Waals surface area contributed by atoms with E-state index in [9.17, 15) is 9.59 Å². The van der Waals surface area contributed by atoms with E-state index in [1.54, 1.807) is 24.4 Å². The summed E-state index contributed by atoms with van der Waals surface area (Å²) in [7, 11) is 3.98. The number of esters is 1. The van der Waals surface area contributed by atoms with Gasteiger partial charge in [-0.25, -0.2) is 9.89 Å². The number of rotatable bonds is 7. The number of carbonyl (C=O) groups excluding carboxylic acids is 1. The van der Waals surface area contributed by atoms with Crippen LogP contribution >= 0.6 is 0 Å². The maximum atomic E-state index is 12.0. The van der Waals surface area contributed by atoms with Crippen molar-refractivity contribution in [1.82, 2.24) is 15.1 Å². The van der Waals surface area contributed by atoms with Crippen LogP contribution in [-0.4, -0.2) is 48.3 Å². The molecule has 0 amide bonds. The van der Waals surface area contributed by atoms with Crippen molar-refractivity contribution >= 4 is 28.9 Å². The second-order valence-electron chi connectivity index (χ2n) is 6.79. The second kappa shape index (κ2) is 9.10. The van der Waals surface area contributed by atoms with Crippen LogP contribution < -0.4 is 5.56 Å². The van der Waals surface area contributed by atoms with E-state index in [0.29, 0.717) is 17.6 Å². The Hall–Kier alpha value is -3.25. The number of hydrogen-bond acceptors (Lipinski definition) is 5. The van der Waals surface area contributed by atoms with E-state index in [2.05, 4.69) is 15.1 Å². The van der Waals surface area contributed by atoms with Crippen LogP contribution in [0.1, 0.15) is 27.9 Å². The molecule has 0 fully saturated rings. The number of ether oxygens (including phenoxy) is 1. The van der Waals surface area contributed by atoms with Gasteiger partial charge in [-0.3, -0.25) is 4.79 Å². The number of aromatic nitrogens is 2. The Bertz CT molecular complexity index is 1040. The minimum Gasteiger partial charge on any atom is -0.462 e. The fourth-order valence-corrected chi connectivity index (χ4v) is 2.77. The third kappa shape index (κ3) is 5.14. The first-order valence-corrected chi connectivity index (χ1v) is 9.10. The number of nitrogens with one attached hydrogen (secondary N) is 1. The van der Waals surface area contributed by atoms with E-state index in [1.165, 1.54) is 0 Å². The van der Waals surface area contributed by atoms with Gasteiger partial charge >= 0.3 is 5.97 Å². The van der Waals surface area contributed by atoms with Gasteiger partial charge in [-0.2, -0.15) is 5.10 Å². The van der Waals surface area contributed by atoms with Gasteiger partial charge in [0.1, 0.15) is 0 Å². The Balaban J connectivity index is 1.62. The highest BCUT2D eigenvalue weighted by Crippen LogP contribution is 2.15. The number of benzene rings is 2. The Morgan fingerprint density at radius 1 is 1.11 bits per heavy atom. The Labute approximate surface area is 163 Å². The molecular weight excluding hydrogens is 354 g/mol. The molecule has 3 aromatic rings. The van der Waals surface area contributed by atoms with Crippen LogP contribution in [0.5, 0.6) is 0 Å². The van der Waals surface area contributed by atoms with Crippen LogP contribution in [-0.2, 0) is 4.74 Å². The Morgan fingerprint density at radius 3 is 2.57 bits per heavy atom. The molecule has 6 heteroatoms. The smallest absolute Gasteiger partial charge is 0.338 e. The maximum absolute atomic E-state index is 12.0. The largest absolute Gasteiger partial charge is 0.462 e. The first-order chi connectivity index (χ1) is 13.5. The molecule has 2 aromatic carbocycles. The molecule has 0 atom stereocenters. The average molecular weight is 377 g/mol. The molecule has 0 aliphatic rings. The van der Waals surface area contributed by atoms with Gasteiger partial charge in [-0.15, -0.1) is 0 Å². The lowest BCUT2D eigenvalue weighted by molar-refractivity contribution is 0.0493. The van der Waals surface area contributed by atoms with Crippen LogP contribution in [0.25, 0.3) is 22.9 Å². The molecule has 0 bridgehead atoms. The van der Waals surface area contributed by atoms with Gasteiger partial charge in [0.25, 0.3) is 5.56 Å². The number of carbonyl (C=O) groups is 1. The molecule has 1 heterocycles. The third-order valence-electron chi connectivity index (χ3n) is 4.29. The SMILES string of the molecule is CN(C)CCCOC(=O)c1ccc(C=Cc2ccc3c(=O)[nH]ncc3c2)cc1. The predicted molar refractivity (Wildman–Crippen MR) is 111 cm³/mol. The molecule has 0 unspecified atom stereocenters. The van der Waals surface area contributed by atoms with Gasteiger partial charge in [0.2, 0.25) is 0 Å². The van der Waals surface area contributed by atoms with Gasteiger partial charge in [0.05, 0.1) is 23.8 Å². The second-order valence-corrected chi connectivity index (χ2v) is 6.79. The minimum atomic E-state index is -0.304. The van der Waals surface area contributed by atoms with E-state index >= 15 is 0 Å². The molecule has 3 rings (SSSR count). The van der Waals surface area contributed by atoms with E-state index < -0.39 is 0 Å². The summed E-state index contributed by atoms with van der Waals surface area (Å²) < 4.78 is 5.28. The monoisotopic (exact) mass is 377 g/mol. The van der Waals surface area contributed by atoms with Crippen molar-refractivity contribution in [2.24, 2.45) is 0 Å². The highest BCUT2D eigenvalue weighted by atomic mass is 16.5. The standard InChI is InChI=1S/C22H23N3O3/c1-25(2)12-3-13-28-22(27)18-9-6-16(7-10-18)4-5-17-8-11-20-19(14-17)15-23-24-21(20)26/h4-11,14-15H,3,12-13H2,1-2H3,(H,24,26). The first kappa shape index (κ1) is 19.5. The normalized spacial score (nSPS) is 11.4. The molecule has 0 saturated heterocycles. The van der Waals surface area contributed by atoms with Gasteiger partial charge < -0.3 is 9.64 Å². The predicted octanol–water partition coefficient (Wildman–Crippen LogP) is 3.20. The summed E-state index contributed by atoms with van der Waals surface area (Å²) in [6, 6.07) is 12.8. The highest BCUT2D eigenvalue weighted by molar-refractivity contribution is 5.90. The summed E-state index contributed by atoms with van der Waals surface area (Å²) >= 11 is 0. The van der Waals surface area contributed by atoms with Crippen LogP contribution in [0, 0.1) is 0 Å². The molecule has 0 spiro atoms. The molecule has 0 saturated carbocycles. The van der Waals surface area contributed by atoms with Crippen LogP contribution in [0.2, 0.25) is 0 Å². The van der Waals surface area contributed by atoms with Crippen LogP contribution in [0.3, 0.4) is 0 Å². The van der Waals surface area contributed by atoms with Crippen molar-refractivity contribution < 1.29 is 9.53 Å². The zero-order chi connectivity index (χ0) is 19.9. The van der Waals surface area contributed by atoms with E-state index in [4.69, 9.17) is 4.74 Å². The quantitative estimate of drug-likeness (QED) is 0.389. The first-order valence-electron chi connectivity index (χ1n) is 9.10. The van der Waals surface area contributed by atoms with Crippen molar-refractivity contribution in [3.8, 4) is 0 Å². The molecule has 0 radical (unpaired) electrons. The lowest BCUT2D eigenvalue weighted by atomic mass is 10.1. The van der Waals surface area contributed by atoms with Gasteiger partial charge in [-0.05, 0) is 55.9 Å². The number of fused-ring (bicyclic) bond motifs is 1. The molecular formula is C22H23N3O3. The summed E-state index contributed by atoms with van der Waals surface area (Å²) in [5.74, 6) is -0.304. The molecule has 6 nitrogen and oxygen atoms in total. The van der Waals surface area contributed by atoms with E-state index in [0.717, 1.165) is 29.5 Å². The average Bonchev–Trinajstić information content (AvgIpc) is 2.70. The van der Waals surface area contributed by atoms with Crippen LogP contribution in [0.4, 0.5) is 0 Å². The summed E-state index contributed by atoms with van der Waals surface area (Å²) in [6.45, 7) is 1.30. The topological polar surface area (TPSA) is 75.3 Å². The van der Waals surface area contributed by atoms with Crippen molar-refractivity contribution in [3.05, 3.63) is 75.7 Å². The number of H-pyrrole nitrogens is 1. The van der Waals surface area contributed by atoms with Crippen molar-refractivity contribution in [2.75, 3.05) is 27.2 Å². The maximum Gasteiger partial charge on any atom is 0.338 e. The number of nitrogens with zero attached hydrogens (tertiary/aromatic N) is 2. The number of hydrogen-bond donors (Lipinski definition) is 1. The summed E-state index contributed by atoms with van der Waals surface area (Å²) in [4.78, 5) is 25.8. The molecule has 0 aliphatic heterocycles. The molecule has 144 valence electrons. The van der Waals surface area contributed by atoms with Crippen molar-refractivity contribution in [1.29, 1.82) is 0 Å². The fourth-order valence-electron chi connectivity index (χ4n) is 2.77. The zero-order valence-corrected chi connectivity index (χ0v) is 16.0. The van der Waals surface area contributed by atoms with Gasteiger partial charge in [0.15, 0.2) is 0 Å². The molecule has 28 heavy (non-hydrogen) atoms. The molecule has 1 aromatic heterocycles. The lowest BCUT2D eigenvalue weighted by Gasteiger charge is -2.09. The Morgan fingerprint density at radius 2 is 1.82 bits per heavy atom. The van der Waals surface area contributed by atoms with E-state index in [1.807, 2.05) is 50.5 Å². The van der Waals surface area contributed by atoms with E-state index in [-0.39, 0.29) is 11.5 Å². The lowest BCUT2D eigenvalue weighted by Crippen LogP contribution is -2.16. The fraction of sp³-hybridized carbons (Fsp3) is 0.227. The minimum absolute atomic E-state index is 0.197. The van der Waals surface area contributed by atoms with Crippen LogP contribution in [0.15, 0.2) is 53.5 Å². The zero-order valence-electron chi connectivity index (χ0n) is 16.0. The van der Waals surface area contributed by atoms with Gasteiger partial charge in [0, 0.05) is 11.9 Å².